The molecule has 0 aromatic heterocycles. The third-order valence-electron chi connectivity index (χ3n) is 4.30. The number of nitrogens with zero attached hydrogens (tertiary/aromatic N) is 2. The fraction of sp³-hybridized carbons (Fsp3) is 0.471. The Balaban J connectivity index is 2.05. The number of carbonyl (C=O) groups excluding carboxylic acids is 2. The van der Waals surface area contributed by atoms with Gasteiger partial charge in [0.15, 0.2) is 0 Å². The number of rotatable bonds is 6. The number of amides is 2. The van der Waals surface area contributed by atoms with Crippen LogP contribution in [0.5, 0.6) is 0 Å². The van der Waals surface area contributed by atoms with Gasteiger partial charge in [-0.05, 0) is 37.1 Å². The largest absolute Gasteiger partial charge is 0.481 e. The first-order valence-electron chi connectivity index (χ1n) is 8.07. The van der Waals surface area contributed by atoms with Gasteiger partial charge in [0.2, 0.25) is 0 Å². The molecule has 7 heteroatoms. The lowest BCUT2D eigenvalue weighted by molar-refractivity contribution is -0.142. The minimum absolute atomic E-state index is 0.257. The Labute approximate surface area is 141 Å². The minimum Gasteiger partial charge on any atom is -0.481 e. The van der Waals surface area contributed by atoms with Crippen LogP contribution in [0, 0.1) is 5.92 Å². The maximum absolute atomic E-state index is 11.9. The summed E-state index contributed by atoms with van der Waals surface area (Å²) in [6.07, 6.45) is 2.34. The first-order chi connectivity index (χ1) is 11.6. The fourth-order valence-electron chi connectivity index (χ4n) is 2.89. The lowest BCUT2D eigenvalue weighted by Crippen LogP contribution is -2.39. The van der Waals surface area contributed by atoms with Crippen LogP contribution in [0.3, 0.4) is 0 Å². The Morgan fingerprint density at radius 2 is 1.92 bits per heavy atom. The van der Waals surface area contributed by atoms with Gasteiger partial charge in [0.05, 0.1) is 5.92 Å². The fourth-order valence-corrected chi connectivity index (χ4v) is 2.89. The van der Waals surface area contributed by atoms with Crippen molar-refractivity contribution in [3.63, 3.8) is 0 Å². The molecule has 130 valence electrons. The highest BCUT2D eigenvalue weighted by Crippen LogP contribution is 2.26. The average Bonchev–Trinajstić information content (AvgIpc) is 2.62. The quantitative estimate of drug-likeness (QED) is 0.774. The summed E-state index contributed by atoms with van der Waals surface area (Å²) in [6, 6.07) is 7.28. The second-order valence-electron chi connectivity index (χ2n) is 5.78. The number of piperidine rings is 1. The molecule has 0 spiro atoms. The van der Waals surface area contributed by atoms with E-state index in [1.54, 1.807) is 7.05 Å². The van der Waals surface area contributed by atoms with E-state index in [1.165, 1.54) is 4.90 Å². The van der Waals surface area contributed by atoms with Crippen LogP contribution < -0.4 is 15.1 Å². The van der Waals surface area contributed by atoms with Gasteiger partial charge in [-0.25, -0.2) is 4.79 Å². The van der Waals surface area contributed by atoms with Gasteiger partial charge < -0.3 is 20.1 Å². The summed E-state index contributed by atoms with van der Waals surface area (Å²) in [5, 5.41) is 11.6. The molecule has 2 rings (SSSR count). The second kappa shape index (κ2) is 8.33. The standard InChI is InChI=1S/C17H23N3O4/c1-18-17(24)20(9-2-12-21)15-5-3-14(4-6-15)19-10-7-13(8-11-19)16(22)23/h3-6,12-13H,2,7-11H2,1H3,(H,18,24)(H,22,23). The number of hydrogen-bond acceptors (Lipinski definition) is 4. The van der Waals surface area contributed by atoms with Gasteiger partial charge in [0, 0.05) is 44.5 Å². The van der Waals surface area contributed by atoms with E-state index in [9.17, 15) is 14.4 Å². The van der Waals surface area contributed by atoms with E-state index in [0.717, 1.165) is 17.7 Å². The topological polar surface area (TPSA) is 90.0 Å². The van der Waals surface area contributed by atoms with Crippen molar-refractivity contribution in [3.05, 3.63) is 24.3 Å². The molecule has 0 atom stereocenters. The molecule has 1 aromatic carbocycles. The molecule has 1 heterocycles. The molecule has 2 N–H and O–H groups in total. The third kappa shape index (κ3) is 4.24. The summed E-state index contributed by atoms with van der Waals surface area (Å²) in [6.45, 7) is 1.74. The van der Waals surface area contributed by atoms with Crippen LogP contribution in [0.15, 0.2) is 24.3 Å². The first-order valence-corrected chi connectivity index (χ1v) is 8.07. The van der Waals surface area contributed by atoms with Crippen LogP contribution in [0.25, 0.3) is 0 Å². The van der Waals surface area contributed by atoms with Crippen molar-refractivity contribution in [2.75, 3.05) is 36.5 Å². The molecule has 1 fully saturated rings. The third-order valence-corrected chi connectivity index (χ3v) is 4.30. The summed E-state index contributed by atoms with van der Waals surface area (Å²) < 4.78 is 0. The Hall–Kier alpha value is -2.57. The Morgan fingerprint density at radius 1 is 1.29 bits per heavy atom. The summed E-state index contributed by atoms with van der Waals surface area (Å²) in [5.41, 5.74) is 1.73. The monoisotopic (exact) mass is 333 g/mol. The van der Waals surface area contributed by atoms with Crippen LogP contribution in [0.2, 0.25) is 0 Å². The normalized spacial score (nSPS) is 15.0. The van der Waals surface area contributed by atoms with Crippen LogP contribution in [-0.2, 0) is 9.59 Å². The van der Waals surface area contributed by atoms with Gasteiger partial charge in [-0.3, -0.25) is 9.69 Å². The molecule has 24 heavy (non-hydrogen) atoms. The molecule has 0 bridgehead atoms. The zero-order valence-corrected chi connectivity index (χ0v) is 13.8. The molecule has 1 saturated heterocycles. The van der Waals surface area contributed by atoms with Gasteiger partial charge >= 0.3 is 12.0 Å². The molecule has 0 radical (unpaired) electrons. The van der Waals surface area contributed by atoms with Crippen molar-refractivity contribution in [1.29, 1.82) is 0 Å². The van der Waals surface area contributed by atoms with Gasteiger partial charge in [-0.15, -0.1) is 0 Å². The second-order valence-corrected chi connectivity index (χ2v) is 5.78. The van der Waals surface area contributed by atoms with Crippen LogP contribution >= 0.6 is 0 Å². The number of urea groups is 1. The Morgan fingerprint density at radius 3 is 2.42 bits per heavy atom. The lowest BCUT2D eigenvalue weighted by Gasteiger charge is -2.32. The Kier molecular flexibility index (Phi) is 6.17. The molecule has 7 nitrogen and oxygen atoms in total. The molecular weight excluding hydrogens is 310 g/mol. The smallest absolute Gasteiger partial charge is 0.321 e. The zero-order valence-electron chi connectivity index (χ0n) is 13.8. The number of nitrogens with one attached hydrogen (secondary N) is 1. The van der Waals surface area contributed by atoms with Crippen molar-refractivity contribution in [1.82, 2.24) is 5.32 Å². The van der Waals surface area contributed by atoms with Gasteiger partial charge in [0.1, 0.15) is 6.29 Å². The zero-order chi connectivity index (χ0) is 17.5. The number of hydrogen-bond donors (Lipinski definition) is 2. The van der Waals surface area contributed by atoms with Crippen molar-refractivity contribution in [3.8, 4) is 0 Å². The molecule has 0 unspecified atom stereocenters. The van der Waals surface area contributed by atoms with Crippen molar-refractivity contribution >= 4 is 29.7 Å². The summed E-state index contributed by atoms with van der Waals surface area (Å²) >= 11 is 0. The number of carbonyl (C=O) groups is 3. The van der Waals surface area contributed by atoms with Gasteiger partial charge in [-0.2, -0.15) is 0 Å². The maximum atomic E-state index is 11.9. The van der Waals surface area contributed by atoms with E-state index in [1.807, 2.05) is 24.3 Å². The van der Waals surface area contributed by atoms with E-state index >= 15 is 0 Å². The maximum Gasteiger partial charge on any atom is 0.321 e. The molecule has 1 aliphatic rings. The predicted molar refractivity (Wildman–Crippen MR) is 91.5 cm³/mol. The van der Waals surface area contributed by atoms with Crippen LogP contribution in [0.1, 0.15) is 19.3 Å². The highest BCUT2D eigenvalue weighted by Gasteiger charge is 2.24. The minimum atomic E-state index is -0.721. The van der Waals surface area contributed by atoms with Crippen molar-refractivity contribution in [2.45, 2.75) is 19.3 Å². The molecule has 0 saturated carbocycles. The molecular formula is C17H23N3O4. The number of carboxylic acids is 1. The number of anilines is 2. The summed E-state index contributed by atoms with van der Waals surface area (Å²) in [4.78, 5) is 37.2. The Bertz CT molecular complexity index is 580. The summed E-state index contributed by atoms with van der Waals surface area (Å²) in [7, 11) is 1.55. The number of aldehydes is 1. The average molecular weight is 333 g/mol. The van der Waals surface area contributed by atoms with E-state index < -0.39 is 5.97 Å². The predicted octanol–water partition coefficient (Wildman–Crippen LogP) is 1.72. The molecule has 0 aliphatic carbocycles. The SMILES string of the molecule is CNC(=O)N(CCC=O)c1ccc(N2CCC(C(=O)O)CC2)cc1. The van der Waals surface area contributed by atoms with E-state index in [2.05, 4.69) is 10.2 Å². The molecule has 2 amide bonds. The highest BCUT2D eigenvalue weighted by molar-refractivity contribution is 5.92. The van der Waals surface area contributed by atoms with Crippen LogP contribution in [0.4, 0.5) is 16.2 Å². The van der Waals surface area contributed by atoms with Crippen molar-refractivity contribution < 1.29 is 19.5 Å². The molecule has 1 aromatic rings. The lowest BCUT2D eigenvalue weighted by atomic mass is 9.97. The van der Waals surface area contributed by atoms with Gasteiger partial charge in [0.25, 0.3) is 0 Å². The summed E-state index contributed by atoms with van der Waals surface area (Å²) in [5.74, 6) is -0.978. The van der Waals surface area contributed by atoms with E-state index in [0.29, 0.717) is 32.5 Å². The van der Waals surface area contributed by atoms with E-state index in [-0.39, 0.29) is 18.4 Å². The first kappa shape index (κ1) is 17.8. The van der Waals surface area contributed by atoms with Gasteiger partial charge in [-0.1, -0.05) is 0 Å². The number of aliphatic carboxylic acids is 1. The highest BCUT2D eigenvalue weighted by atomic mass is 16.4. The van der Waals surface area contributed by atoms with Crippen molar-refractivity contribution in [2.24, 2.45) is 5.92 Å². The van der Waals surface area contributed by atoms with E-state index in [4.69, 9.17) is 5.11 Å². The number of carboxylic acid groups (broad SMARTS) is 1. The van der Waals surface area contributed by atoms with Crippen LogP contribution in [-0.4, -0.2) is 50.1 Å². The number of benzene rings is 1. The molecule has 1 aliphatic heterocycles.